The lowest BCUT2D eigenvalue weighted by Crippen LogP contribution is -2.04. The maximum atomic E-state index is 5.62. The van der Waals surface area contributed by atoms with Crippen LogP contribution in [0.1, 0.15) is 11.1 Å². The molecule has 0 fully saturated rings. The molecule has 14 heavy (non-hydrogen) atoms. The third-order valence-electron chi connectivity index (χ3n) is 2.00. The second-order valence-corrected chi connectivity index (χ2v) is 3.80. The minimum atomic E-state index is 0.536. The molecule has 76 valence electrons. The highest BCUT2D eigenvalue weighted by Gasteiger charge is 1.98. The first-order valence-electron chi connectivity index (χ1n) is 4.35. The molecule has 4 heteroatoms. The number of rotatable bonds is 2. The van der Waals surface area contributed by atoms with E-state index in [1.54, 1.807) is 0 Å². The second kappa shape index (κ2) is 5.02. The Bertz CT molecular complexity index is 347. The van der Waals surface area contributed by atoms with Gasteiger partial charge in [0.25, 0.3) is 0 Å². The van der Waals surface area contributed by atoms with E-state index in [1.807, 2.05) is 31.4 Å². The molecule has 4 N–H and O–H groups in total. The summed E-state index contributed by atoms with van der Waals surface area (Å²) in [5.41, 5.74) is 14.4. The third-order valence-corrected chi connectivity index (χ3v) is 2.51. The van der Waals surface area contributed by atoms with Gasteiger partial charge in [-0.05, 0) is 36.4 Å². The summed E-state index contributed by atoms with van der Waals surface area (Å²) >= 11 is 1.43. The van der Waals surface area contributed by atoms with Gasteiger partial charge in [0, 0.05) is 6.54 Å². The lowest BCUT2D eigenvalue weighted by atomic mass is 10.1. The minimum Gasteiger partial charge on any atom is -0.378 e. The predicted molar refractivity (Wildman–Crippen MR) is 63.9 cm³/mol. The van der Waals surface area contributed by atoms with Crippen molar-refractivity contribution in [3.8, 4) is 0 Å². The Balaban J connectivity index is 3.01. The molecule has 0 atom stereocenters. The first kappa shape index (κ1) is 11.1. The fraction of sp³-hybridized carbons (Fsp3) is 0.300. The Morgan fingerprint density at radius 3 is 2.79 bits per heavy atom. The molecular weight excluding hydrogens is 194 g/mol. The number of nitrogens with two attached hydrogens (primary N) is 2. The van der Waals surface area contributed by atoms with Gasteiger partial charge in [0.05, 0.1) is 5.69 Å². The quantitative estimate of drug-likeness (QED) is 0.576. The standard InChI is InChI=1S/C10H15N3S/c1-7-3-4-9(5-8(7)6-11)13-10(12)14-2/h3-5H,6,11H2,1-2H3,(H2,12,13). The molecule has 0 unspecified atom stereocenters. The molecule has 0 aliphatic rings. The van der Waals surface area contributed by atoms with Crippen LogP contribution >= 0.6 is 11.8 Å². The number of nitrogens with zero attached hydrogens (tertiary/aromatic N) is 1. The molecule has 1 aromatic carbocycles. The van der Waals surface area contributed by atoms with Crippen molar-refractivity contribution in [2.45, 2.75) is 13.5 Å². The van der Waals surface area contributed by atoms with E-state index in [9.17, 15) is 0 Å². The Labute approximate surface area is 88.6 Å². The molecule has 0 aromatic heterocycles. The van der Waals surface area contributed by atoms with E-state index in [0.717, 1.165) is 11.3 Å². The maximum absolute atomic E-state index is 5.62. The second-order valence-electron chi connectivity index (χ2n) is 2.97. The number of hydrogen-bond donors (Lipinski definition) is 2. The van der Waals surface area contributed by atoms with Gasteiger partial charge in [-0.25, -0.2) is 4.99 Å². The molecule has 1 aromatic rings. The molecule has 0 saturated heterocycles. The molecule has 0 radical (unpaired) electrons. The van der Waals surface area contributed by atoms with Crippen LogP contribution in [-0.2, 0) is 6.54 Å². The van der Waals surface area contributed by atoms with Crippen molar-refractivity contribution >= 4 is 22.6 Å². The van der Waals surface area contributed by atoms with Crippen molar-refractivity contribution in [3.05, 3.63) is 29.3 Å². The van der Waals surface area contributed by atoms with E-state index in [2.05, 4.69) is 4.99 Å². The highest BCUT2D eigenvalue weighted by Crippen LogP contribution is 2.18. The van der Waals surface area contributed by atoms with Gasteiger partial charge < -0.3 is 11.5 Å². The molecule has 0 aliphatic heterocycles. The van der Waals surface area contributed by atoms with E-state index in [-0.39, 0.29) is 0 Å². The van der Waals surface area contributed by atoms with Crippen molar-refractivity contribution < 1.29 is 0 Å². The smallest absolute Gasteiger partial charge is 0.158 e. The van der Waals surface area contributed by atoms with E-state index in [0.29, 0.717) is 11.7 Å². The molecule has 1 rings (SSSR count). The van der Waals surface area contributed by atoms with Crippen LogP contribution in [0.3, 0.4) is 0 Å². The summed E-state index contributed by atoms with van der Waals surface area (Å²) in [6, 6.07) is 5.92. The van der Waals surface area contributed by atoms with Gasteiger partial charge in [-0.1, -0.05) is 17.8 Å². The third kappa shape index (κ3) is 2.75. The van der Waals surface area contributed by atoms with Crippen LogP contribution in [0, 0.1) is 6.92 Å². The molecule has 3 nitrogen and oxygen atoms in total. The Kier molecular flexibility index (Phi) is 3.98. The van der Waals surface area contributed by atoms with Crippen molar-refractivity contribution in [3.63, 3.8) is 0 Å². The number of benzene rings is 1. The average Bonchev–Trinajstić information content (AvgIpc) is 2.20. The highest BCUT2D eigenvalue weighted by molar-refractivity contribution is 8.13. The summed E-state index contributed by atoms with van der Waals surface area (Å²) < 4.78 is 0. The summed E-state index contributed by atoms with van der Waals surface area (Å²) in [5, 5.41) is 0.567. The SMILES string of the molecule is CSC(N)=Nc1ccc(C)c(CN)c1. The van der Waals surface area contributed by atoms with E-state index in [1.165, 1.54) is 17.3 Å². The summed E-state index contributed by atoms with van der Waals surface area (Å²) in [7, 11) is 0. The molecule has 0 heterocycles. The van der Waals surface area contributed by atoms with Gasteiger partial charge in [0.1, 0.15) is 0 Å². The number of aryl methyl sites for hydroxylation is 1. The minimum absolute atomic E-state index is 0.536. The zero-order valence-electron chi connectivity index (χ0n) is 8.45. The molecule has 0 amide bonds. The maximum Gasteiger partial charge on any atom is 0.158 e. The largest absolute Gasteiger partial charge is 0.378 e. The highest BCUT2D eigenvalue weighted by atomic mass is 32.2. The van der Waals surface area contributed by atoms with Crippen LogP contribution in [0.5, 0.6) is 0 Å². The Morgan fingerprint density at radius 1 is 1.50 bits per heavy atom. The normalized spacial score (nSPS) is 11.8. The summed E-state index contributed by atoms with van der Waals surface area (Å²) in [6.45, 7) is 2.57. The number of thioether (sulfide) groups is 1. The Morgan fingerprint density at radius 2 is 2.21 bits per heavy atom. The topological polar surface area (TPSA) is 64.4 Å². The van der Waals surface area contributed by atoms with Gasteiger partial charge in [0.2, 0.25) is 0 Å². The van der Waals surface area contributed by atoms with Crippen LogP contribution in [0.15, 0.2) is 23.2 Å². The lowest BCUT2D eigenvalue weighted by Gasteiger charge is -2.04. The molecule has 0 spiro atoms. The summed E-state index contributed by atoms with van der Waals surface area (Å²) in [4.78, 5) is 4.23. The van der Waals surface area contributed by atoms with Gasteiger partial charge in [-0.2, -0.15) is 0 Å². The molecule has 0 saturated carbocycles. The fourth-order valence-electron chi connectivity index (χ4n) is 1.12. The van der Waals surface area contributed by atoms with Crippen molar-refractivity contribution in [1.82, 2.24) is 0 Å². The van der Waals surface area contributed by atoms with E-state index in [4.69, 9.17) is 11.5 Å². The summed E-state index contributed by atoms with van der Waals surface area (Å²) in [6.07, 6.45) is 1.90. The number of amidine groups is 1. The Hall–Kier alpha value is -1.00. The van der Waals surface area contributed by atoms with Crippen LogP contribution in [-0.4, -0.2) is 11.4 Å². The van der Waals surface area contributed by atoms with E-state index < -0.39 is 0 Å². The number of hydrogen-bond acceptors (Lipinski definition) is 3. The van der Waals surface area contributed by atoms with E-state index >= 15 is 0 Å². The predicted octanol–water partition coefficient (Wildman–Crippen LogP) is 1.76. The van der Waals surface area contributed by atoms with Gasteiger partial charge in [-0.15, -0.1) is 0 Å². The lowest BCUT2D eigenvalue weighted by molar-refractivity contribution is 1.05. The van der Waals surface area contributed by atoms with Gasteiger partial charge in [-0.3, -0.25) is 0 Å². The van der Waals surface area contributed by atoms with Crippen LogP contribution in [0.25, 0.3) is 0 Å². The fourth-order valence-corrected chi connectivity index (χ4v) is 1.32. The van der Waals surface area contributed by atoms with Crippen LogP contribution in [0.2, 0.25) is 0 Å². The molecule has 0 aliphatic carbocycles. The van der Waals surface area contributed by atoms with Gasteiger partial charge in [0.15, 0.2) is 5.17 Å². The molecule has 0 bridgehead atoms. The molecular formula is C10H15N3S. The van der Waals surface area contributed by atoms with Crippen molar-refractivity contribution in [2.75, 3.05) is 6.26 Å². The van der Waals surface area contributed by atoms with Crippen LogP contribution in [0.4, 0.5) is 5.69 Å². The monoisotopic (exact) mass is 209 g/mol. The van der Waals surface area contributed by atoms with Crippen molar-refractivity contribution in [1.29, 1.82) is 0 Å². The summed E-state index contributed by atoms with van der Waals surface area (Å²) in [5.74, 6) is 0. The van der Waals surface area contributed by atoms with Gasteiger partial charge >= 0.3 is 0 Å². The number of aliphatic imine (C=N–C) groups is 1. The first-order chi connectivity index (χ1) is 6.67. The zero-order chi connectivity index (χ0) is 10.6. The zero-order valence-corrected chi connectivity index (χ0v) is 9.27. The van der Waals surface area contributed by atoms with Crippen molar-refractivity contribution in [2.24, 2.45) is 16.5 Å². The van der Waals surface area contributed by atoms with Crippen LogP contribution < -0.4 is 11.5 Å². The average molecular weight is 209 g/mol. The first-order valence-corrected chi connectivity index (χ1v) is 5.57.